The van der Waals surface area contributed by atoms with E-state index in [0.717, 1.165) is 19.6 Å². The third kappa shape index (κ3) is 3.56. The van der Waals surface area contributed by atoms with E-state index in [1.165, 1.54) is 28.7 Å². The molecule has 2 rings (SSSR count). The summed E-state index contributed by atoms with van der Waals surface area (Å²) in [4.78, 5) is 0. The third-order valence-corrected chi connectivity index (χ3v) is 4.11. The highest BCUT2D eigenvalue weighted by Gasteiger charge is 2.18. The molecule has 1 fully saturated rings. The lowest BCUT2D eigenvalue weighted by atomic mass is 9.95. The maximum absolute atomic E-state index is 5.94. The predicted molar refractivity (Wildman–Crippen MR) is 79.4 cm³/mol. The van der Waals surface area contributed by atoms with E-state index in [2.05, 4.69) is 38.2 Å². The maximum Gasteiger partial charge on any atom is 0.0700 e. The zero-order valence-corrected chi connectivity index (χ0v) is 12.3. The molecule has 2 unspecified atom stereocenters. The molecule has 1 aliphatic heterocycles. The van der Waals surface area contributed by atoms with Gasteiger partial charge in [-0.1, -0.05) is 12.1 Å². The monoisotopic (exact) mass is 262 g/mol. The Labute approximate surface area is 116 Å². The van der Waals surface area contributed by atoms with Gasteiger partial charge >= 0.3 is 0 Å². The Kier molecular flexibility index (Phi) is 4.97. The van der Waals surface area contributed by atoms with E-state index in [4.69, 9.17) is 10.5 Å². The minimum atomic E-state index is 0.225. The van der Waals surface area contributed by atoms with Crippen molar-refractivity contribution >= 4 is 0 Å². The first-order chi connectivity index (χ1) is 9.11. The molecule has 19 heavy (non-hydrogen) atoms. The van der Waals surface area contributed by atoms with E-state index in [1.807, 2.05) is 0 Å². The van der Waals surface area contributed by atoms with Crippen LogP contribution in [-0.4, -0.2) is 25.8 Å². The zero-order chi connectivity index (χ0) is 13.8. The van der Waals surface area contributed by atoms with E-state index >= 15 is 0 Å². The molecule has 1 aromatic carbocycles. The van der Waals surface area contributed by atoms with Gasteiger partial charge in [0.05, 0.1) is 6.10 Å². The van der Waals surface area contributed by atoms with Crippen LogP contribution in [0.2, 0.25) is 0 Å². The molecular formula is C16H26N2O. The number of nitrogens with two attached hydrogens (primary N) is 1. The van der Waals surface area contributed by atoms with Gasteiger partial charge in [-0.25, -0.2) is 0 Å². The third-order valence-electron chi connectivity index (χ3n) is 4.11. The van der Waals surface area contributed by atoms with Crippen molar-refractivity contribution in [3.63, 3.8) is 0 Å². The first kappa shape index (κ1) is 14.5. The minimum absolute atomic E-state index is 0.225. The van der Waals surface area contributed by atoms with Crippen molar-refractivity contribution in [2.75, 3.05) is 19.7 Å². The molecule has 0 amide bonds. The van der Waals surface area contributed by atoms with Crippen LogP contribution in [0.25, 0.3) is 0 Å². The van der Waals surface area contributed by atoms with Gasteiger partial charge in [0, 0.05) is 25.7 Å². The van der Waals surface area contributed by atoms with Crippen LogP contribution in [0.4, 0.5) is 0 Å². The summed E-state index contributed by atoms with van der Waals surface area (Å²) < 4.78 is 5.65. The summed E-state index contributed by atoms with van der Waals surface area (Å²) in [5.41, 5.74) is 11.3. The summed E-state index contributed by atoms with van der Waals surface area (Å²) in [6.07, 6.45) is 2.71. The van der Waals surface area contributed by atoms with Crippen LogP contribution in [0.1, 0.15) is 41.1 Å². The second-order valence-electron chi connectivity index (χ2n) is 5.62. The number of benzene rings is 1. The summed E-state index contributed by atoms with van der Waals surface area (Å²) in [5, 5.41) is 3.57. The first-order valence-corrected chi connectivity index (χ1v) is 7.24. The molecule has 1 aliphatic rings. The summed E-state index contributed by atoms with van der Waals surface area (Å²) in [7, 11) is 0. The SMILES string of the molecule is Cc1cc(C)c(C(CN)NCC2CCCO2)cc1C. The number of nitrogens with one attached hydrogen (secondary N) is 1. The Morgan fingerprint density at radius 1 is 1.26 bits per heavy atom. The van der Waals surface area contributed by atoms with Crippen LogP contribution in [0.3, 0.4) is 0 Å². The second kappa shape index (κ2) is 6.51. The predicted octanol–water partition coefficient (Wildman–Crippen LogP) is 2.38. The average molecular weight is 262 g/mol. The molecule has 106 valence electrons. The molecule has 0 aliphatic carbocycles. The topological polar surface area (TPSA) is 47.3 Å². The Morgan fingerprint density at radius 2 is 2.00 bits per heavy atom. The largest absolute Gasteiger partial charge is 0.377 e. The Bertz CT molecular complexity index is 425. The minimum Gasteiger partial charge on any atom is -0.377 e. The summed E-state index contributed by atoms with van der Waals surface area (Å²) in [6.45, 7) is 8.90. The van der Waals surface area contributed by atoms with E-state index < -0.39 is 0 Å². The number of hydrogen-bond acceptors (Lipinski definition) is 3. The second-order valence-corrected chi connectivity index (χ2v) is 5.62. The molecule has 1 aromatic rings. The van der Waals surface area contributed by atoms with Gasteiger partial charge in [-0.05, 0) is 55.9 Å². The lowest BCUT2D eigenvalue weighted by Gasteiger charge is -2.22. The van der Waals surface area contributed by atoms with Gasteiger partial charge in [0.2, 0.25) is 0 Å². The fourth-order valence-electron chi connectivity index (χ4n) is 2.76. The highest BCUT2D eigenvalue weighted by Crippen LogP contribution is 2.22. The molecule has 0 spiro atoms. The molecule has 2 atom stereocenters. The number of ether oxygens (including phenoxy) is 1. The van der Waals surface area contributed by atoms with Crippen LogP contribution in [0.5, 0.6) is 0 Å². The van der Waals surface area contributed by atoms with Crippen molar-refractivity contribution in [1.82, 2.24) is 5.32 Å². The highest BCUT2D eigenvalue weighted by molar-refractivity contribution is 5.38. The van der Waals surface area contributed by atoms with Crippen LogP contribution < -0.4 is 11.1 Å². The van der Waals surface area contributed by atoms with Crippen LogP contribution in [0.15, 0.2) is 12.1 Å². The lowest BCUT2D eigenvalue weighted by Crippen LogP contribution is -2.34. The summed E-state index contributed by atoms with van der Waals surface area (Å²) in [6, 6.07) is 4.75. The standard InChI is InChI=1S/C16H26N2O/c1-11-7-13(3)15(8-12(11)2)16(9-17)18-10-14-5-4-6-19-14/h7-8,14,16,18H,4-6,9-10,17H2,1-3H3. The Morgan fingerprint density at radius 3 is 2.63 bits per heavy atom. The van der Waals surface area contributed by atoms with Crippen molar-refractivity contribution in [1.29, 1.82) is 0 Å². The van der Waals surface area contributed by atoms with Gasteiger partial charge in [-0.3, -0.25) is 0 Å². The smallest absolute Gasteiger partial charge is 0.0700 e. The molecule has 0 saturated carbocycles. The number of aryl methyl sites for hydroxylation is 3. The van der Waals surface area contributed by atoms with Crippen molar-refractivity contribution < 1.29 is 4.74 Å². The molecule has 0 radical (unpaired) electrons. The van der Waals surface area contributed by atoms with Gasteiger partial charge in [-0.15, -0.1) is 0 Å². The number of rotatable bonds is 5. The Hall–Kier alpha value is -0.900. The number of hydrogen-bond donors (Lipinski definition) is 2. The van der Waals surface area contributed by atoms with Crippen LogP contribution in [-0.2, 0) is 4.74 Å². The molecular weight excluding hydrogens is 236 g/mol. The highest BCUT2D eigenvalue weighted by atomic mass is 16.5. The molecule has 0 aromatic heterocycles. The molecule has 3 nitrogen and oxygen atoms in total. The Balaban J connectivity index is 2.05. The van der Waals surface area contributed by atoms with Gasteiger partial charge in [0.25, 0.3) is 0 Å². The first-order valence-electron chi connectivity index (χ1n) is 7.24. The normalized spacial score (nSPS) is 20.7. The van der Waals surface area contributed by atoms with Crippen molar-refractivity contribution in [2.45, 2.75) is 45.8 Å². The van der Waals surface area contributed by atoms with E-state index in [9.17, 15) is 0 Å². The lowest BCUT2D eigenvalue weighted by molar-refractivity contribution is 0.107. The summed E-state index contributed by atoms with van der Waals surface area (Å²) in [5.74, 6) is 0. The van der Waals surface area contributed by atoms with Crippen LogP contribution in [0, 0.1) is 20.8 Å². The molecule has 1 heterocycles. The average Bonchev–Trinajstić information content (AvgIpc) is 2.89. The van der Waals surface area contributed by atoms with Crippen molar-refractivity contribution in [3.05, 3.63) is 34.4 Å². The molecule has 3 heteroatoms. The van der Waals surface area contributed by atoms with Gasteiger partial charge in [-0.2, -0.15) is 0 Å². The fourth-order valence-corrected chi connectivity index (χ4v) is 2.76. The van der Waals surface area contributed by atoms with E-state index in [1.54, 1.807) is 0 Å². The van der Waals surface area contributed by atoms with Crippen molar-refractivity contribution in [3.8, 4) is 0 Å². The zero-order valence-electron chi connectivity index (χ0n) is 12.3. The summed E-state index contributed by atoms with van der Waals surface area (Å²) >= 11 is 0. The van der Waals surface area contributed by atoms with Gasteiger partial charge < -0.3 is 15.8 Å². The fraction of sp³-hybridized carbons (Fsp3) is 0.625. The van der Waals surface area contributed by atoms with E-state index in [-0.39, 0.29) is 6.04 Å². The van der Waals surface area contributed by atoms with Gasteiger partial charge in [0.15, 0.2) is 0 Å². The van der Waals surface area contributed by atoms with Crippen LogP contribution >= 0.6 is 0 Å². The quantitative estimate of drug-likeness (QED) is 0.856. The molecule has 0 bridgehead atoms. The molecule has 3 N–H and O–H groups in total. The van der Waals surface area contributed by atoms with E-state index in [0.29, 0.717) is 12.6 Å². The van der Waals surface area contributed by atoms with Crippen molar-refractivity contribution in [2.24, 2.45) is 5.73 Å². The van der Waals surface area contributed by atoms with Gasteiger partial charge in [0.1, 0.15) is 0 Å². The molecule has 1 saturated heterocycles. The maximum atomic E-state index is 5.94.